The monoisotopic (exact) mass is 280 g/mol. The molecule has 107 valence electrons. The largest absolute Gasteiger partial charge is 0.457 e. The van der Waals surface area contributed by atoms with Gasteiger partial charge in [-0.15, -0.1) is 0 Å². The Balaban J connectivity index is 2.98. The maximum absolute atomic E-state index is 11.9. The summed E-state index contributed by atoms with van der Waals surface area (Å²) in [6, 6.07) is 5.07. The molecule has 0 aromatic heterocycles. The number of carbonyl (C=O) groups is 1. The third-order valence-corrected chi connectivity index (χ3v) is 2.19. The number of nitro groups is 1. The van der Waals surface area contributed by atoms with Crippen LogP contribution in [0.2, 0.25) is 0 Å². The van der Waals surface area contributed by atoms with E-state index in [2.05, 4.69) is 4.74 Å². The second-order valence-electron chi connectivity index (χ2n) is 4.96. The molecule has 1 radical (unpaired) electrons. The molecule has 1 rings (SSSR count). The number of benzene rings is 1. The first-order valence-corrected chi connectivity index (χ1v) is 5.74. The molecule has 1 aromatic carbocycles. The molecular weight excluding hydrogens is 266 g/mol. The lowest BCUT2D eigenvalue weighted by atomic mass is 10.1. The Labute approximate surface area is 115 Å². The van der Waals surface area contributed by atoms with Crippen molar-refractivity contribution in [1.29, 1.82) is 0 Å². The van der Waals surface area contributed by atoms with E-state index in [1.807, 2.05) is 0 Å². The average molecular weight is 280 g/mol. The first-order valence-electron chi connectivity index (χ1n) is 5.74. The molecule has 0 fully saturated rings. The molecule has 0 aliphatic rings. The summed E-state index contributed by atoms with van der Waals surface area (Å²) >= 11 is 0. The SMILES string of the molecule is CC(C)(C)OC(=O)C(O[C]=O)c1ccc([N+](=O)[O-])cc1. The Morgan fingerprint density at radius 1 is 1.30 bits per heavy atom. The van der Waals surface area contributed by atoms with Crippen molar-refractivity contribution in [3.05, 3.63) is 39.9 Å². The first-order chi connectivity index (χ1) is 9.24. The lowest BCUT2D eigenvalue weighted by Gasteiger charge is -2.22. The molecule has 0 bridgehead atoms. The van der Waals surface area contributed by atoms with E-state index in [0.29, 0.717) is 0 Å². The lowest BCUT2D eigenvalue weighted by molar-refractivity contribution is -0.384. The maximum Gasteiger partial charge on any atom is 0.418 e. The Kier molecular flexibility index (Phi) is 4.79. The molecule has 0 spiro atoms. The van der Waals surface area contributed by atoms with E-state index in [-0.39, 0.29) is 11.3 Å². The van der Waals surface area contributed by atoms with Crippen molar-refractivity contribution in [3.8, 4) is 0 Å². The summed E-state index contributed by atoms with van der Waals surface area (Å²) in [5.41, 5.74) is -0.609. The number of non-ortho nitro benzene ring substituents is 1. The molecule has 20 heavy (non-hydrogen) atoms. The predicted octanol–water partition coefficient (Wildman–Crippen LogP) is 2.06. The number of hydrogen-bond donors (Lipinski definition) is 0. The Morgan fingerprint density at radius 3 is 2.25 bits per heavy atom. The quantitative estimate of drug-likeness (QED) is 0.465. The third kappa shape index (κ3) is 4.34. The summed E-state index contributed by atoms with van der Waals surface area (Å²) < 4.78 is 9.69. The summed E-state index contributed by atoms with van der Waals surface area (Å²) in [6.45, 7) is 6.19. The van der Waals surface area contributed by atoms with Crippen LogP contribution in [-0.4, -0.2) is 23.0 Å². The van der Waals surface area contributed by atoms with E-state index >= 15 is 0 Å². The number of nitrogens with zero attached hydrogens (tertiary/aromatic N) is 1. The van der Waals surface area contributed by atoms with Crippen LogP contribution in [0.4, 0.5) is 5.69 Å². The molecule has 1 unspecified atom stereocenters. The smallest absolute Gasteiger partial charge is 0.418 e. The fraction of sp³-hybridized carbons (Fsp3) is 0.385. The minimum absolute atomic E-state index is 0.133. The Morgan fingerprint density at radius 2 is 1.85 bits per heavy atom. The molecular formula is C13H14NO6. The van der Waals surface area contributed by atoms with E-state index in [0.717, 1.165) is 0 Å². The third-order valence-electron chi connectivity index (χ3n) is 2.19. The van der Waals surface area contributed by atoms with Gasteiger partial charge in [0.05, 0.1) is 4.92 Å². The zero-order valence-electron chi connectivity index (χ0n) is 11.3. The molecule has 0 aliphatic heterocycles. The van der Waals surface area contributed by atoms with Crippen molar-refractivity contribution in [2.75, 3.05) is 0 Å². The highest BCUT2D eigenvalue weighted by Crippen LogP contribution is 2.23. The summed E-state index contributed by atoms with van der Waals surface area (Å²) in [6.07, 6.45) is -1.30. The van der Waals surface area contributed by atoms with Crippen LogP contribution in [-0.2, 0) is 19.1 Å². The molecule has 1 atom stereocenters. The average Bonchev–Trinajstić information content (AvgIpc) is 2.34. The van der Waals surface area contributed by atoms with Gasteiger partial charge in [0.25, 0.3) is 5.69 Å². The molecule has 0 saturated carbocycles. The van der Waals surface area contributed by atoms with Gasteiger partial charge in [0.2, 0.25) is 6.10 Å². The first kappa shape index (κ1) is 15.6. The fourth-order valence-corrected chi connectivity index (χ4v) is 1.43. The van der Waals surface area contributed by atoms with E-state index < -0.39 is 22.6 Å². The Hall–Kier alpha value is -2.44. The number of esters is 1. The van der Waals surface area contributed by atoms with Crippen LogP contribution in [0.3, 0.4) is 0 Å². The molecule has 0 saturated heterocycles. The van der Waals surface area contributed by atoms with Gasteiger partial charge in [-0.1, -0.05) is 0 Å². The zero-order chi connectivity index (χ0) is 15.3. The number of carbonyl (C=O) groups excluding carboxylic acids is 2. The van der Waals surface area contributed by atoms with E-state index in [4.69, 9.17) is 4.74 Å². The van der Waals surface area contributed by atoms with Gasteiger partial charge in [0.15, 0.2) is 0 Å². The van der Waals surface area contributed by atoms with Crippen LogP contribution in [0.15, 0.2) is 24.3 Å². The van der Waals surface area contributed by atoms with Gasteiger partial charge in [-0.05, 0) is 32.9 Å². The standard InChI is InChI=1S/C13H14NO6/c1-13(2,3)20-12(16)11(19-8-15)9-4-6-10(7-5-9)14(17)18/h4-7,11H,1-3H3. The van der Waals surface area contributed by atoms with Crippen LogP contribution >= 0.6 is 0 Å². The summed E-state index contributed by atoms with van der Waals surface area (Å²) in [5, 5.41) is 10.5. The van der Waals surface area contributed by atoms with Crippen molar-refractivity contribution in [2.24, 2.45) is 0 Å². The molecule has 0 amide bonds. The molecule has 1 aromatic rings. The van der Waals surface area contributed by atoms with Gasteiger partial charge >= 0.3 is 12.4 Å². The number of hydrogen-bond acceptors (Lipinski definition) is 6. The minimum Gasteiger partial charge on any atom is -0.457 e. The topological polar surface area (TPSA) is 95.7 Å². The van der Waals surface area contributed by atoms with Crippen LogP contribution < -0.4 is 0 Å². The number of rotatable bonds is 5. The van der Waals surface area contributed by atoms with Crippen molar-refractivity contribution in [1.82, 2.24) is 0 Å². The highest BCUT2D eigenvalue weighted by molar-refractivity contribution is 5.78. The highest BCUT2D eigenvalue weighted by Gasteiger charge is 2.28. The highest BCUT2D eigenvalue weighted by atomic mass is 16.6. The van der Waals surface area contributed by atoms with Crippen LogP contribution in [0.5, 0.6) is 0 Å². The van der Waals surface area contributed by atoms with Crippen LogP contribution in [0.1, 0.15) is 32.4 Å². The summed E-state index contributed by atoms with van der Waals surface area (Å²) in [7, 11) is 0. The van der Waals surface area contributed by atoms with E-state index in [1.165, 1.54) is 30.7 Å². The van der Waals surface area contributed by atoms with E-state index in [9.17, 15) is 19.7 Å². The minimum atomic E-state index is -1.30. The van der Waals surface area contributed by atoms with Gasteiger partial charge in [-0.3, -0.25) is 10.1 Å². The van der Waals surface area contributed by atoms with Crippen LogP contribution in [0.25, 0.3) is 0 Å². The summed E-state index contributed by atoms with van der Waals surface area (Å²) in [5.74, 6) is -0.769. The zero-order valence-corrected chi connectivity index (χ0v) is 11.3. The van der Waals surface area contributed by atoms with Crippen molar-refractivity contribution >= 4 is 18.1 Å². The normalized spacial score (nSPS) is 12.3. The second kappa shape index (κ2) is 6.14. The summed E-state index contributed by atoms with van der Waals surface area (Å²) in [4.78, 5) is 32.3. The van der Waals surface area contributed by atoms with Gasteiger partial charge in [-0.25, -0.2) is 9.59 Å². The maximum atomic E-state index is 11.9. The van der Waals surface area contributed by atoms with Crippen LogP contribution in [0, 0.1) is 10.1 Å². The van der Waals surface area contributed by atoms with Crippen molar-refractivity contribution in [3.63, 3.8) is 0 Å². The number of nitro benzene ring substituents is 1. The molecule has 0 N–H and O–H groups in total. The van der Waals surface area contributed by atoms with E-state index in [1.54, 1.807) is 20.8 Å². The van der Waals surface area contributed by atoms with Gasteiger partial charge in [0.1, 0.15) is 5.60 Å². The lowest BCUT2D eigenvalue weighted by Crippen LogP contribution is -2.28. The van der Waals surface area contributed by atoms with Crippen molar-refractivity contribution in [2.45, 2.75) is 32.5 Å². The molecule has 7 nitrogen and oxygen atoms in total. The van der Waals surface area contributed by atoms with Gasteiger partial charge < -0.3 is 9.47 Å². The predicted molar refractivity (Wildman–Crippen MR) is 68.5 cm³/mol. The van der Waals surface area contributed by atoms with Gasteiger partial charge in [-0.2, -0.15) is 0 Å². The van der Waals surface area contributed by atoms with Gasteiger partial charge in [0, 0.05) is 17.7 Å². The second-order valence-corrected chi connectivity index (χ2v) is 4.96. The molecule has 0 aliphatic carbocycles. The van der Waals surface area contributed by atoms with Crippen molar-refractivity contribution < 1.29 is 24.0 Å². The molecule has 7 heteroatoms. The fourth-order valence-electron chi connectivity index (χ4n) is 1.43. The molecule has 0 heterocycles. The Bertz CT molecular complexity index is 503. The number of ether oxygens (including phenoxy) is 2.